The van der Waals surface area contributed by atoms with Crippen LogP contribution in [0.4, 0.5) is 4.39 Å². The Balaban J connectivity index is 2.10. The van der Waals surface area contributed by atoms with Gasteiger partial charge in [0.05, 0.1) is 0 Å². The van der Waals surface area contributed by atoms with Crippen molar-refractivity contribution in [2.75, 3.05) is 0 Å². The summed E-state index contributed by atoms with van der Waals surface area (Å²) >= 11 is 5.78. The van der Waals surface area contributed by atoms with Gasteiger partial charge in [0.2, 0.25) is 0 Å². The highest BCUT2D eigenvalue weighted by Crippen LogP contribution is 2.21. The van der Waals surface area contributed by atoms with E-state index in [-0.39, 0.29) is 17.9 Å². The van der Waals surface area contributed by atoms with E-state index in [2.05, 4.69) is 0 Å². The second kappa shape index (κ2) is 7.26. The Kier molecular flexibility index (Phi) is 5.14. The van der Waals surface area contributed by atoms with Crippen molar-refractivity contribution in [3.63, 3.8) is 0 Å². The van der Waals surface area contributed by atoms with Gasteiger partial charge in [-0.15, -0.1) is 0 Å². The monoisotopic (exact) mass is 312 g/mol. The first-order valence-electron chi connectivity index (χ1n) is 6.31. The molecule has 0 aliphatic carbocycles. The van der Waals surface area contributed by atoms with Crippen LogP contribution in [0.2, 0.25) is 5.02 Å². The van der Waals surface area contributed by atoms with Crippen molar-refractivity contribution in [1.29, 1.82) is 10.5 Å². The average Bonchev–Trinajstić information content (AvgIpc) is 2.53. The highest BCUT2D eigenvalue weighted by atomic mass is 35.5. The van der Waals surface area contributed by atoms with Crippen molar-refractivity contribution in [3.05, 3.63) is 70.0 Å². The fourth-order valence-electron chi connectivity index (χ4n) is 1.72. The van der Waals surface area contributed by atoms with Crippen LogP contribution < -0.4 is 4.74 Å². The van der Waals surface area contributed by atoms with E-state index in [1.807, 2.05) is 0 Å². The van der Waals surface area contributed by atoms with E-state index in [0.29, 0.717) is 10.6 Å². The summed E-state index contributed by atoms with van der Waals surface area (Å²) in [4.78, 5) is 0. The molecule has 0 radical (unpaired) electrons. The summed E-state index contributed by atoms with van der Waals surface area (Å²) < 4.78 is 19.3. The van der Waals surface area contributed by atoms with Gasteiger partial charge in [0.1, 0.15) is 24.3 Å². The van der Waals surface area contributed by atoms with E-state index >= 15 is 0 Å². The SMILES string of the molecule is N#CC(C#N)=Cc1ccc(OCc2ccc(Cl)cc2)c(F)c1. The molecule has 0 amide bonds. The maximum Gasteiger partial charge on any atom is 0.165 e. The molecule has 2 aromatic carbocycles. The average molecular weight is 313 g/mol. The molecule has 0 N–H and O–H groups in total. The lowest BCUT2D eigenvalue weighted by Gasteiger charge is -2.08. The van der Waals surface area contributed by atoms with Crippen molar-refractivity contribution in [3.8, 4) is 17.9 Å². The van der Waals surface area contributed by atoms with E-state index in [9.17, 15) is 4.39 Å². The van der Waals surface area contributed by atoms with Crippen LogP contribution in [0.25, 0.3) is 6.08 Å². The van der Waals surface area contributed by atoms with Crippen molar-refractivity contribution in [2.45, 2.75) is 6.61 Å². The smallest absolute Gasteiger partial charge is 0.165 e. The molecule has 2 aromatic rings. The summed E-state index contributed by atoms with van der Waals surface area (Å²) in [5.74, 6) is -0.458. The largest absolute Gasteiger partial charge is 0.486 e. The van der Waals surface area contributed by atoms with Crippen LogP contribution in [-0.2, 0) is 6.61 Å². The fourth-order valence-corrected chi connectivity index (χ4v) is 1.85. The molecular formula is C17H10ClFN2O. The quantitative estimate of drug-likeness (QED) is 0.782. The zero-order chi connectivity index (χ0) is 15.9. The number of benzene rings is 2. The molecule has 0 heterocycles. The first-order chi connectivity index (χ1) is 10.6. The molecule has 0 fully saturated rings. The van der Waals surface area contributed by atoms with Gasteiger partial charge in [0.15, 0.2) is 11.6 Å². The summed E-state index contributed by atoms with van der Waals surface area (Å²) in [6, 6.07) is 14.8. The number of rotatable bonds is 4. The maximum atomic E-state index is 13.9. The number of hydrogen-bond acceptors (Lipinski definition) is 3. The zero-order valence-electron chi connectivity index (χ0n) is 11.4. The Hall–Kier alpha value is -2.82. The predicted molar refractivity (Wildman–Crippen MR) is 81.4 cm³/mol. The lowest BCUT2D eigenvalue weighted by atomic mass is 10.1. The zero-order valence-corrected chi connectivity index (χ0v) is 12.1. The molecule has 0 saturated carbocycles. The van der Waals surface area contributed by atoms with Gasteiger partial charge in [0, 0.05) is 5.02 Å². The van der Waals surface area contributed by atoms with E-state index in [1.165, 1.54) is 18.2 Å². The number of allylic oxidation sites excluding steroid dienone is 1. The predicted octanol–water partition coefficient (Wildman–Crippen LogP) is 4.49. The highest BCUT2D eigenvalue weighted by molar-refractivity contribution is 6.30. The first kappa shape index (κ1) is 15.6. The molecule has 5 heteroatoms. The summed E-state index contributed by atoms with van der Waals surface area (Å²) in [6.07, 6.45) is 1.31. The van der Waals surface area contributed by atoms with Gasteiger partial charge < -0.3 is 4.74 Å². The third kappa shape index (κ3) is 4.09. The van der Waals surface area contributed by atoms with Gasteiger partial charge in [-0.05, 0) is 41.5 Å². The van der Waals surface area contributed by atoms with Gasteiger partial charge in [-0.1, -0.05) is 29.8 Å². The second-order valence-corrected chi connectivity index (χ2v) is 4.82. The topological polar surface area (TPSA) is 56.8 Å². The third-order valence-corrected chi connectivity index (χ3v) is 3.07. The normalized spacial score (nSPS) is 9.45. The van der Waals surface area contributed by atoms with Gasteiger partial charge >= 0.3 is 0 Å². The minimum atomic E-state index is -0.557. The van der Waals surface area contributed by atoms with E-state index < -0.39 is 5.82 Å². The molecule has 108 valence electrons. The van der Waals surface area contributed by atoms with Crippen LogP contribution in [-0.4, -0.2) is 0 Å². The summed E-state index contributed by atoms with van der Waals surface area (Å²) in [6.45, 7) is 0.213. The molecule has 22 heavy (non-hydrogen) atoms. The molecular weight excluding hydrogens is 303 g/mol. The van der Waals surface area contributed by atoms with Crippen molar-refractivity contribution in [2.24, 2.45) is 0 Å². The Labute approximate surface area is 132 Å². The van der Waals surface area contributed by atoms with Crippen LogP contribution in [0, 0.1) is 28.5 Å². The Morgan fingerprint density at radius 3 is 2.41 bits per heavy atom. The van der Waals surface area contributed by atoms with E-state index in [4.69, 9.17) is 26.9 Å². The van der Waals surface area contributed by atoms with Gasteiger partial charge in [-0.25, -0.2) is 4.39 Å². The molecule has 0 bridgehead atoms. The van der Waals surface area contributed by atoms with Crippen LogP contribution >= 0.6 is 11.6 Å². The number of ether oxygens (including phenoxy) is 1. The lowest BCUT2D eigenvalue weighted by Crippen LogP contribution is -1.97. The van der Waals surface area contributed by atoms with Crippen LogP contribution in [0.3, 0.4) is 0 Å². The van der Waals surface area contributed by atoms with Crippen molar-refractivity contribution in [1.82, 2.24) is 0 Å². The van der Waals surface area contributed by atoms with Crippen molar-refractivity contribution < 1.29 is 9.13 Å². The molecule has 0 aromatic heterocycles. The molecule has 3 nitrogen and oxygen atoms in total. The highest BCUT2D eigenvalue weighted by Gasteiger charge is 2.05. The van der Waals surface area contributed by atoms with Crippen molar-refractivity contribution >= 4 is 17.7 Å². The fraction of sp³-hybridized carbons (Fsp3) is 0.0588. The Morgan fingerprint density at radius 1 is 1.14 bits per heavy atom. The van der Waals surface area contributed by atoms with Crippen LogP contribution in [0.1, 0.15) is 11.1 Å². The van der Waals surface area contributed by atoms with Gasteiger partial charge in [-0.2, -0.15) is 10.5 Å². The molecule has 0 aliphatic rings. The molecule has 2 rings (SSSR count). The maximum absolute atomic E-state index is 13.9. The third-order valence-electron chi connectivity index (χ3n) is 2.82. The Morgan fingerprint density at radius 2 is 1.82 bits per heavy atom. The Bertz CT molecular complexity index is 770. The molecule has 0 saturated heterocycles. The van der Waals surface area contributed by atoms with Crippen LogP contribution in [0.5, 0.6) is 5.75 Å². The number of nitrogens with zero attached hydrogens (tertiary/aromatic N) is 2. The molecule has 0 spiro atoms. The van der Waals surface area contributed by atoms with Crippen LogP contribution in [0.15, 0.2) is 48.0 Å². The van der Waals surface area contributed by atoms with E-state index in [1.54, 1.807) is 42.5 Å². The number of hydrogen-bond donors (Lipinski definition) is 0. The van der Waals surface area contributed by atoms with E-state index in [0.717, 1.165) is 5.56 Å². The van der Waals surface area contributed by atoms with Gasteiger partial charge in [-0.3, -0.25) is 0 Å². The molecule has 0 atom stereocenters. The minimum absolute atomic E-state index is 0.0887. The van der Waals surface area contributed by atoms with Gasteiger partial charge in [0.25, 0.3) is 0 Å². The minimum Gasteiger partial charge on any atom is -0.486 e. The summed E-state index contributed by atoms with van der Waals surface area (Å²) in [7, 11) is 0. The summed E-state index contributed by atoms with van der Waals surface area (Å²) in [5, 5.41) is 18.0. The number of nitriles is 2. The number of halogens is 2. The lowest BCUT2D eigenvalue weighted by molar-refractivity contribution is 0.290. The summed E-state index contributed by atoms with van der Waals surface area (Å²) in [5.41, 5.74) is 1.20. The molecule has 0 unspecified atom stereocenters. The standard InChI is InChI=1S/C17H10ClFN2O/c18-15-4-1-12(2-5-15)11-22-17-6-3-13(8-16(17)19)7-14(9-20)10-21/h1-8H,11H2. The molecule has 0 aliphatic heterocycles. The first-order valence-corrected chi connectivity index (χ1v) is 6.69. The second-order valence-electron chi connectivity index (χ2n) is 4.39.